The molecule has 29 heavy (non-hydrogen) atoms. The van der Waals surface area contributed by atoms with Crippen LogP contribution in [0.2, 0.25) is 0 Å². The highest BCUT2D eigenvalue weighted by Crippen LogP contribution is 2.33. The van der Waals surface area contributed by atoms with Crippen LogP contribution in [-0.2, 0) is 14.3 Å². The van der Waals surface area contributed by atoms with Crippen LogP contribution >= 0.6 is 0 Å². The molecular formula is C22H43N3O4. The van der Waals surface area contributed by atoms with Gasteiger partial charge in [-0.05, 0) is 26.7 Å². The van der Waals surface area contributed by atoms with Crippen LogP contribution in [-0.4, -0.2) is 65.9 Å². The summed E-state index contributed by atoms with van der Waals surface area (Å²) in [5.74, 6) is 0.127. The van der Waals surface area contributed by atoms with Crippen molar-refractivity contribution in [3.63, 3.8) is 0 Å². The topological polar surface area (TPSA) is 79.0 Å². The number of hydrogen-bond acceptors (Lipinski definition) is 5. The van der Waals surface area contributed by atoms with Crippen LogP contribution in [0.3, 0.4) is 0 Å². The van der Waals surface area contributed by atoms with Gasteiger partial charge in [-0.2, -0.15) is 0 Å². The summed E-state index contributed by atoms with van der Waals surface area (Å²) in [5, 5.41) is 3.19. The standard InChI is InChI=1S/C19H31N3O4.3CH4/c1-15(2)20-10-6-4-5-7-17(24)21-11-8-19(9-12-21)14-22(13-16(3)23)18(25)26-19;;;/h20H,1,4-14H2,2-3H3;3*1H4. The van der Waals surface area contributed by atoms with Crippen molar-refractivity contribution < 1.29 is 19.1 Å². The highest BCUT2D eigenvalue weighted by Gasteiger charge is 2.47. The lowest BCUT2D eigenvalue weighted by Gasteiger charge is -2.37. The Balaban J connectivity index is 0. The molecule has 0 aromatic heterocycles. The summed E-state index contributed by atoms with van der Waals surface area (Å²) in [4.78, 5) is 38.9. The minimum atomic E-state index is -0.530. The van der Waals surface area contributed by atoms with Gasteiger partial charge >= 0.3 is 6.09 Å². The van der Waals surface area contributed by atoms with Crippen LogP contribution in [0.4, 0.5) is 4.79 Å². The molecule has 7 nitrogen and oxygen atoms in total. The summed E-state index contributed by atoms with van der Waals surface area (Å²) < 4.78 is 5.56. The zero-order valence-corrected chi connectivity index (χ0v) is 16.0. The predicted molar refractivity (Wildman–Crippen MR) is 119 cm³/mol. The van der Waals surface area contributed by atoms with Gasteiger partial charge in [0.05, 0.1) is 13.1 Å². The fourth-order valence-electron chi connectivity index (χ4n) is 3.55. The maximum absolute atomic E-state index is 12.3. The van der Waals surface area contributed by atoms with Crippen LogP contribution in [0, 0.1) is 0 Å². The summed E-state index contributed by atoms with van der Waals surface area (Å²) in [6, 6.07) is 0. The third-order valence-corrected chi connectivity index (χ3v) is 4.98. The average Bonchev–Trinajstić information content (AvgIpc) is 2.85. The second-order valence-corrected chi connectivity index (χ2v) is 7.51. The molecule has 0 atom stereocenters. The van der Waals surface area contributed by atoms with E-state index in [4.69, 9.17) is 4.74 Å². The van der Waals surface area contributed by atoms with Gasteiger partial charge in [-0.25, -0.2) is 4.79 Å². The summed E-state index contributed by atoms with van der Waals surface area (Å²) in [6.07, 6.45) is 4.37. The number of ketones is 1. The van der Waals surface area contributed by atoms with Gasteiger partial charge in [0.1, 0.15) is 11.4 Å². The lowest BCUT2D eigenvalue weighted by Crippen LogP contribution is -2.48. The number of amides is 2. The molecule has 0 unspecified atom stereocenters. The van der Waals surface area contributed by atoms with Crippen molar-refractivity contribution >= 4 is 17.8 Å². The number of piperidine rings is 1. The van der Waals surface area contributed by atoms with Crippen molar-refractivity contribution in [1.29, 1.82) is 0 Å². The van der Waals surface area contributed by atoms with Gasteiger partial charge in [-0.15, -0.1) is 0 Å². The maximum Gasteiger partial charge on any atom is 0.410 e. The largest absolute Gasteiger partial charge is 0.441 e. The number of nitrogens with one attached hydrogen (secondary N) is 1. The number of carbonyl (C=O) groups excluding carboxylic acids is 3. The van der Waals surface area contributed by atoms with E-state index in [9.17, 15) is 14.4 Å². The molecule has 0 bridgehead atoms. The molecule has 0 radical (unpaired) electrons. The molecule has 0 saturated carbocycles. The zero-order chi connectivity index (χ0) is 19.2. The fraction of sp³-hybridized carbons (Fsp3) is 0.773. The first-order valence-electron chi connectivity index (χ1n) is 9.46. The smallest absolute Gasteiger partial charge is 0.410 e. The molecule has 2 amide bonds. The molecule has 2 heterocycles. The van der Waals surface area contributed by atoms with Gasteiger partial charge in [0.25, 0.3) is 0 Å². The van der Waals surface area contributed by atoms with E-state index in [0.29, 0.717) is 38.9 Å². The van der Waals surface area contributed by atoms with Crippen LogP contribution < -0.4 is 5.32 Å². The van der Waals surface area contributed by atoms with E-state index in [1.54, 1.807) is 0 Å². The Morgan fingerprint density at radius 3 is 2.28 bits per heavy atom. The number of carbonyl (C=O) groups is 3. The number of ether oxygens (including phenoxy) is 1. The first kappa shape index (κ1) is 29.2. The van der Waals surface area contributed by atoms with Crippen LogP contribution in [0.1, 0.15) is 74.7 Å². The summed E-state index contributed by atoms with van der Waals surface area (Å²) in [6.45, 7) is 9.86. The quantitative estimate of drug-likeness (QED) is 0.578. The number of rotatable bonds is 9. The molecule has 1 N–H and O–H groups in total. The summed E-state index contributed by atoms with van der Waals surface area (Å²) >= 11 is 0. The molecule has 0 aliphatic carbocycles. The Bertz CT molecular complexity index is 554. The molecule has 2 aliphatic rings. The van der Waals surface area contributed by atoms with E-state index in [1.807, 2.05) is 11.8 Å². The van der Waals surface area contributed by atoms with Crippen LogP contribution in [0.15, 0.2) is 12.3 Å². The van der Waals surface area contributed by atoms with Gasteiger partial charge in [-0.3, -0.25) is 14.5 Å². The van der Waals surface area contributed by atoms with E-state index < -0.39 is 11.7 Å². The Hall–Kier alpha value is -2.05. The van der Waals surface area contributed by atoms with E-state index in [1.165, 1.54) is 11.8 Å². The van der Waals surface area contributed by atoms with E-state index in [2.05, 4.69) is 11.9 Å². The number of allylic oxidation sites excluding steroid dienone is 1. The van der Waals surface area contributed by atoms with Gasteiger partial charge in [0, 0.05) is 44.6 Å². The Labute approximate surface area is 177 Å². The Kier molecular flexibility index (Phi) is 13.3. The number of hydrogen-bond donors (Lipinski definition) is 1. The first-order chi connectivity index (χ1) is 12.3. The van der Waals surface area contributed by atoms with Crippen molar-refractivity contribution in [1.82, 2.24) is 15.1 Å². The minimum absolute atomic E-state index is 0. The number of unbranched alkanes of at least 4 members (excludes halogenated alkanes) is 2. The van der Waals surface area contributed by atoms with Crippen molar-refractivity contribution in [2.24, 2.45) is 0 Å². The number of likely N-dealkylation sites (tertiary alicyclic amines) is 1. The average molecular weight is 414 g/mol. The normalized spacial score (nSPS) is 16.8. The summed E-state index contributed by atoms with van der Waals surface area (Å²) in [5.41, 5.74) is 0.440. The second-order valence-electron chi connectivity index (χ2n) is 7.51. The van der Waals surface area contributed by atoms with Gasteiger partial charge < -0.3 is 15.0 Å². The molecule has 2 saturated heterocycles. The molecule has 2 rings (SSSR count). The molecule has 170 valence electrons. The first-order valence-corrected chi connectivity index (χ1v) is 9.46. The molecule has 7 heteroatoms. The maximum atomic E-state index is 12.3. The van der Waals surface area contributed by atoms with Gasteiger partial charge in [-0.1, -0.05) is 35.3 Å². The minimum Gasteiger partial charge on any atom is -0.441 e. The Morgan fingerprint density at radius 2 is 1.72 bits per heavy atom. The van der Waals surface area contributed by atoms with Crippen molar-refractivity contribution in [3.05, 3.63) is 12.3 Å². The van der Waals surface area contributed by atoms with Crippen LogP contribution in [0.5, 0.6) is 0 Å². The lowest BCUT2D eigenvalue weighted by atomic mass is 9.91. The van der Waals surface area contributed by atoms with Gasteiger partial charge in [0.15, 0.2) is 0 Å². The number of nitrogens with zero attached hydrogens (tertiary/aromatic N) is 2. The highest BCUT2D eigenvalue weighted by atomic mass is 16.6. The summed E-state index contributed by atoms with van der Waals surface area (Å²) in [7, 11) is 0. The van der Waals surface area contributed by atoms with Crippen molar-refractivity contribution in [2.45, 2.75) is 80.3 Å². The molecule has 1 spiro atoms. The molecule has 2 aliphatic heterocycles. The van der Waals surface area contributed by atoms with Crippen LogP contribution in [0.25, 0.3) is 0 Å². The van der Waals surface area contributed by atoms with E-state index in [0.717, 1.165) is 31.5 Å². The predicted octanol–water partition coefficient (Wildman–Crippen LogP) is 3.98. The molecular weight excluding hydrogens is 370 g/mol. The van der Waals surface area contributed by atoms with E-state index >= 15 is 0 Å². The molecule has 0 aromatic carbocycles. The third-order valence-electron chi connectivity index (χ3n) is 4.98. The highest BCUT2D eigenvalue weighted by molar-refractivity contribution is 5.83. The zero-order valence-electron chi connectivity index (χ0n) is 16.0. The fourth-order valence-corrected chi connectivity index (χ4v) is 3.55. The monoisotopic (exact) mass is 413 g/mol. The Morgan fingerprint density at radius 1 is 1.10 bits per heavy atom. The SMILES string of the molecule is C.C.C.C=C(C)NCCCCCC(=O)N1CCC2(CC1)CN(CC(C)=O)C(=O)O2. The molecule has 2 fully saturated rings. The van der Waals surface area contributed by atoms with Crippen molar-refractivity contribution in [3.8, 4) is 0 Å². The third kappa shape index (κ3) is 8.88. The number of Topliss-reactive ketones (excluding diaryl/α,β-unsaturated/α-hetero) is 1. The molecule has 0 aromatic rings. The van der Waals surface area contributed by atoms with Crippen molar-refractivity contribution in [2.75, 3.05) is 32.7 Å². The van der Waals surface area contributed by atoms with E-state index in [-0.39, 0.29) is 40.5 Å². The second kappa shape index (κ2) is 13.2. The van der Waals surface area contributed by atoms with Gasteiger partial charge in [0.2, 0.25) is 5.91 Å². The lowest BCUT2D eigenvalue weighted by molar-refractivity contribution is -0.134.